The normalized spacial score (nSPS) is 11.0. The van der Waals surface area contributed by atoms with Gasteiger partial charge in [-0.05, 0) is 20.8 Å². The SMILES string of the molecule is CCOC(=O)C(C)(C)c1csc(NCCC(=O)OC)n1. The average molecular weight is 300 g/mol. The number of anilines is 1. The first-order chi connectivity index (χ1) is 9.41. The largest absolute Gasteiger partial charge is 0.469 e. The van der Waals surface area contributed by atoms with Crippen LogP contribution in [0.25, 0.3) is 0 Å². The van der Waals surface area contributed by atoms with E-state index in [-0.39, 0.29) is 18.4 Å². The zero-order valence-electron chi connectivity index (χ0n) is 12.2. The summed E-state index contributed by atoms with van der Waals surface area (Å²) in [6, 6.07) is 0. The van der Waals surface area contributed by atoms with Gasteiger partial charge in [0.1, 0.15) is 5.41 Å². The minimum atomic E-state index is -0.783. The van der Waals surface area contributed by atoms with Gasteiger partial charge in [0, 0.05) is 11.9 Å². The quantitative estimate of drug-likeness (QED) is 0.776. The number of nitrogens with one attached hydrogen (secondary N) is 1. The van der Waals surface area contributed by atoms with Gasteiger partial charge in [-0.3, -0.25) is 9.59 Å². The van der Waals surface area contributed by atoms with Crippen molar-refractivity contribution in [1.29, 1.82) is 0 Å². The van der Waals surface area contributed by atoms with E-state index in [0.29, 0.717) is 24.0 Å². The summed E-state index contributed by atoms with van der Waals surface area (Å²) in [7, 11) is 1.35. The van der Waals surface area contributed by atoms with Crippen molar-refractivity contribution < 1.29 is 19.1 Å². The third-order valence-corrected chi connectivity index (χ3v) is 3.56. The highest BCUT2D eigenvalue weighted by Gasteiger charge is 2.33. The number of carbonyl (C=O) groups excluding carboxylic acids is 2. The monoisotopic (exact) mass is 300 g/mol. The maximum absolute atomic E-state index is 11.9. The topological polar surface area (TPSA) is 77.5 Å². The van der Waals surface area contributed by atoms with E-state index in [1.807, 2.05) is 5.38 Å². The van der Waals surface area contributed by atoms with Crippen molar-refractivity contribution in [2.75, 3.05) is 25.6 Å². The molecule has 0 saturated heterocycles. The third-order valence-electron chi connectivity index (χ3n) is 2.76. The van der Waals surface area contributed by atoms with Crippen LogP contribution in [0.1, 0.15) is 32.9 Å². The van der Waals surface area contributed by atoms with E-state index in [4.69, 9.17) is 4.74 Å². The number of rotatable bonds is 7. The van der Waals surface area contributed by atoms with Crippen LogP contribution in [0, 0.1) is 0 Å². The Morgan fingerprint density at radius 1 is 1.45 bits per heavy atom. The van der Waals surface area contributed by atoms with E-state index in [9.17, 15) is 9.59 Å². The summed E-state index contributed by atoms with van der Waals surface area (Å²) in [5.41, 5.74) is -0.129. The van der Waals surface area contributed by atoms with Gasteiger partial charge >= 0.3 is 11.9 Å². The Hall–Kier alpha value is -1.63. The van der Waals surface area contributed by atoms with Gasteiger partial charge in [-0.1, -0.05) is 0 Å². The number of ether oxygens (including phenoxy) is 2. The second kappa shape index (κ2) is 7.23. The van der Waals surface area contributed by atoms with Gasteiger partial charge in [-0.2, -0.15) is 0 Å². The number of carbonyl (C=O) groups is 2. The van der Waals surface area contributed by atoms with E-state index in [1.165, 1.54) is 18.4 Å². The van der Waals surface area contributed by atoms with Gasteiger partial charge in [-0.25, -0.2) is 4.98 Å². The number of aromatic nitrogens is 1. The van der Waals surface area contributed by atoms with E-state index >= 15 is 0 Å². The molecule has 0 aromatic carbocycles. The lowest BCUT2D eigenvalue weighted by Crippen LogP contribution is -2.31. The molecule has 0 aliphatic heterocycles. The van der Waals surface area contributed by atoms with Crippen LogP contribution in [0.3, 0.4) is 0 Å². The summed E-state index contributed by atoms with van der Waals surface area (Å²) < 4.78 is 9.59. The molecular weight excluding hydrogens is 280 g/mol. The second-order valence-corrected chi connectivity index (χ2v) is 5.49. The molecule has 0 radical (unpaired) electrons. The van der Waals surface area contributed by atoms with Crippen LogP contribution in [0.2, 0.25) is 0 Å². The maximum atomic E-state index is 11.9. The maximum Gasteiger partial charge on any atom is 0.317 e. The van der Waals surface area contributed by atoms with E-state index in [2.05, 4.69) is 15.0 Å². The fourth-order valence-electron chi connectivity index (χ4n) is 1.43. The molecule has 1 N–H and O–H groups in total. The van der Waals surface area contributed by atoms with Crippen LogP contribution >= 0.6 is 11.3 Å². The Labute approximate surface area is 122 Å². The molecule has 7 heteroatoms. The van der Waals surface area contributed by atoms with Crippen LogP contribution in [0.15, 0.2) is 5.38 Å². The molecule has 0 amide bonds. The zero-order chi connectivity index (χ0) is 15.2. The summed E-state index contributed by atoms with van der Waals surface area (Å²) >= 11 is 1.39. The summed E-state index contributed by atoms with van der Waals surface area (Å²) in [6.07, 6.45) is 0.271. The van der Waals surface area contributed by atoms with Crippen LogP contribution in [0.5, 0.6) is 0 Å². The number of esters is 2. The summed E-state index contributed by atoms with van der Waals surface area (Å²) in [4.78, 5) is 27.2. The van der Waals surface area contributed by atoms with Crippen molar-refractivity contribution in [1.82, 2.24) is 4.98 Å². The lowest BCUT2D eigenvalue weighted by Gasteiger charge is -2.19. The molecule has 1 aromatic heterocycles. The van der Waals surface area contributed by atoms with Gasteiger partial charge < -0.3 is 14.8 Å². The predicted molar refractivity (Wildman–Crippen MR) is 76.9 cm³/mol. The van der Waals surface area contributed by atoms with Crippen molar-refractivity contribution in [2.45, 2.75) is 32.6 Å². The first-order valence-electron chi connectivity index (χ1n) is 6.35. The van der Waals surface area contributed by atoms with Crippen LogP contribution < -0.4 is 5.32 Å². The molecule has 1 heterocycles. The predicted octanol–water partition coefficient (Wildman–Crippen LogP) is 1.96. The molecule has 20 heavy (non-hydrogen) atoms. The second-order valence-electron chi connectivity index (χ2n) is 4.64. The standard InChI is InChI=1S/C13H20N2O4S/c1-5-19-11(17)13(2,3)9-8-20-12(15-9)14-7-6-10(16)18-4/h8H,5-7H2,1-4H3,(H,14,15). The van der Waals surface area contributed by atoms with Crippen molar-refractivity contribution >= 4 is 28.4 Å². The summed E-state index contributed by atoms with van der Waals surface area (Å²) in [6.45, 7) is 6.11. The van der Waals surface area contributed by atoms with Crippen molar-refractivity contribution in [3.8, 4) is 0 Å². The number of methoxy groups -OCH3 is 1. The molecular formula is C13H20N2O4S. The summed E-state index contributed by atoms with van der Waals surface area (Å²) in [5, 5.41) is 5.51. The smallest absolute Gasteiger partial charge is 0.317 e. The molecule has 0 fully saturated rings. The molecule has 0 aliphatic carbocycles. The van der Waals surface area contributed by atoms with Gasteiger partial charge in [0.15, 0.2) is 5.13 Å². The minimum absolute atomic E-state index is 0.271. The van der Waals surface area contributed by atoms with Crippen molar-refractivity contribution in [3.05, 3.63) is 11.1 Å². The highest BCUT2D eigenvalue weighted by molar-refractivity contribution is 7.13. The first kappa shape index (κ1) is 16.4. The number of hydrogen-bond donors (Lipinski definition) is 1. The lowest BCUT2D eigenvalue weighted by atomic mass is 9.90. The van der Waals surface area contributed by atoms with Gasteiger partial charge in [0.25, 0.3) is 0 Å². The van der Waals surface area contributed by atoms with Crippen molar-refractivity contribution in [2.24, 2.45) is 0 Å². The summed E-state index contributed by atoms with van der Waals surface area (Å²) in [5.74, 6) is -0.576. The van der Waals surface area contributed by atoms with Gasteiger partial charge in [0.2, 0.25) is 0 Å². The molecule has 0 aliphatic rings. The van der Waals surface area contributed by atoms with Crippen LogP contribution in [0.4, 0.5) is 5.13 Å². The van der Waals surface area contributed by atoms with Crippen LogP contribution in [-0.2, 0) is 24.5 Å². The molecule has 6 nitrogen and oxygen atoms in total. The molecule has 0 unspecified atom stereocenters. The van der Waals surface area contributed by atoms with Crippen molar-refractivity contribution in [3.63, 3.8) is 0 Å². The Bertz CT molecular complexity index is 471. The Kier molecular flexibility index (Phi) is 5.94. The average Bonchev–Trinajstić information content (AvgIpc) is 2.88. The van der Waals surface area contributed by atoms with E-state index in [1.54, 1.807) is 20.8 Å². The fourth-order valence-corrected chi connectivity index (χ4v) is 2.34. The number of thiazole rings is 1. The van der Waals surface area contributed by atoms with Gasteiger partial charge in [-0.15, -0.1) is 11.3 Å². The fraction of sp³-hybridized carbons (Fsp3) is 0.615. The van der Waals surface area contributed by atoms with Crippen LogP contribution in [-0.4, -0.2) is 37.2 Å². The molecule has 0 spiro atoms. The zero-order valence-corrected chi connectivity index (χ0v) is 13.0. The lowest BCUT2D eigenvalue weighted by molar-refractivity contribution is -0.149. The highest BCUT2D eigenvalue weighted by atomic mass is 32.1. The molecule has 0 bridgehead atoms. The van der Waals surface area contributed by atoms with Gasteiger partial charge in [0.05, 0.1) is 25.8 Å². The molecule has 1 rings (SSSR count). The molecule has 1 aromatic rings. The first-order valence-corrected chi connectivity index (χ1v) is 7.23. The Balaban J connectivity index is 2.62. The number of hydrogen-bond acceptors (Lipinski definition) is 7. The Morgan fingerprint density at radius 2 is 2.15 bits per heavy atom. The minimum Gasteiger partial charge on any atom is -0.469 e. The van der Waals surface area contributed by atoms with E-state index < -0.39 is 5.41 Å². The van der Waals surface area contributed by atoms with E-state index in [0.717, 1.165) is 0 Å². The molecule has 0 atom stereocenters. The third kappa shape index (κ3) is 4.19. The Morgan fingerprint density at radius 3 is 2.75 bits per heavy atom. The molecule has 0 saturated carbocycles. The molecule has 112 valence electrons. The highest BCUT2D eigenvalue weighted by Crippen LogP contribution is 2.28. The number of nitrogens with zero attached hydrogens (tertiary/aromatic N) is 1.